The van der Waals surface area contributed by atoms with E-state index in [2.05, 4.69) is 29.6 Å². The van der Waals surface area contributed by atoms with E-state index >= 15 is 0 Å². The fourth-order valence-corrected chi connectivity index (χ4v) is 4.41. The maximum Gasteiger partial charge on any atom is 0.435 e. The van der Waals surface area contributed by atoms with Gasteiger partial charge in [0, 0.05) is 26.2 Å². The van der Waals surface area contributed by atoms with Gasteiger partial charge in [-0.15, -0.1) is 0 Å². The lowest BCUT2D eigenvalue weighted by molar-refractivity contribution is -0.142. The van der Waals surface area contributed by atoms with Crippen molar-refractivity contribution in [3.8, 4) is 11.3 Å². The molecule has 2 aromatic heterocycles. The summed E-state index contributed by atoms with van der Waals surface area (Å²) in [5, 5.41) is 0. The number of halogens is 6. The number of nitrogens with zero attached hydrogens (tertiary/aromatic N) is 3. The molecule has 1 saturated carbocycles. The molecule has 0 bridgehead atoms. The highest BCUT2D eigenvalue weighted by molar-refractivity contribution is 6.76. The summed E-state index contributed by atoms with van der Waals surface area (Å²) >= 11 is 0. The van der Waals surface area contributed by atoms with Crippen LogP contribution in [0.1, 0.15) is 35.7 Å². The average Bonchev–Trinajstić information content (AvgIpc) is 3.51. The summed E-state index contributed by atoms with van der Waals surface area (Å²) in [6.07, 6.45) is -7.49. The van der Waals surface area contributed by atoms with Crippen LogP contribution in [0.15, 0.2) is 27.5 Å². The predicted octanol–water partition coefficient (Wildman–Crippen LogP) is 6.28. The summed E-state index contributed by atoms with van der Waals surface area (Å²) < 4.78 is 93.6. The number of hydrogen-bond acceptors (Lipinski definition) is 5. The number of alkyl halides is 6. The lowest BCUT2D eigenvalue weighted by Gasteiger charge is -2.16. The molecule has 1 aliphatic rings. The maximum absolute atomic E-state index is 13.8. The molecular weight excluding hydrogens is 496 g/mol. The second-order valence-electron chi connectivity index (χ2n) is 9.74. The van der Waals surface area contributed by atoms with Crippen LogP contribution in [-0.4, -0.2) is 29.2 Å². The quantitative estimate of drug-likeness (QED) is 0.209. The van der Waals surface area contributed by atoms with Gasteiger partial charge in [-0.1, -0.05) is 19.6 Å². The highest BCUT2D eigenvalue weighted by Crippen LogP contribution is 2.45. The van der Waals surface area contributed by atoms with Crippen molar-refractivity contribution in [2.75, 3.05) is 6.61 Å². The summed E-state index contributed by atoms with van der Waals surface area (Å²) in [5.74, 6) is -1.47. The molecular formula is C22H23F6N3O3Si. The summed E-state index contributed by atoms with van der Waals surface area (Å²) in [7, 11) is -1.49. The minimum absolute atomic E-state index is 0.195. The van der Waals surface area contributed by atoms with Crippen molar-refractivity contribution in [2.45, 2.75) is 63.5 Å². The Morgan fingerprint density at radius 1 is 1.11 bits per heavy atom. The third kappa shape index (κ3) is 5.45. The van der Waals surface area contributed by atoms with Crippen molar-refractivity contribution in [1.82, 2.24) is 14.5 Å². The smallest absolute Gasteiger partial charge is 0.407 e. The molecule has 0 aliphatic heterocycles. The normalized spacial score (nSPS) is 15.2. The first-order chi connectivity index (χ1) is 16.2. The fraction of sp³-hybridized carbons (Fsp3) is 0.500. The first-order valence-electron chi connectivity index (χ1n) is 10.9. The molecule has 0 atom stereocenters. The molecule has 0 radical (unpaired) electrons. The number of rotatable bonds is 7. The van der Waals surface area contributed by atoms with Gasteiger partial charge in [0.05, 0.1) is 23.1 Å². The Labute approximate surface area is 196 Å². The van der Waals surface area contributed by atoms with E-state index in [1.165, 1.54) is 0 Å². The molecule has 35 heavy (non-hydrogen) atoms. The molecule has 4 rings (SSSR count). The summed E-state index contributed by atoms with van der Waals surface area (Å²) in [4.78, 5) is 20.1. The number of oxazole rings is 1. The molecule has 190 valence electrons. The fourth-order valence-electron chi connectivity index (χ4n) is 3.65. The Morgan fingerprint density at radius 2 is 1.80 bits per heavy atom. The topological polar surface area (TPSA) is 70.2 Å². The molecule has 0 saturated heterocycles. The highest BCUT2D eigenvalue weighted by atomic mass is 28.3. The number of hydrogen-bond donors (Lipinski definition) is 0. The van der Waals surface area contributed by atoms with Crippen molar-refractivity contribution in [3.63, 3.8) is 0 Å². The van der Waals surface area contributed by atoms with Gasteiger partial charge >= 0.3 is 18.1 Å². The molecule has 1 aliphatic carbocycles. The molecule has 0 unspecified atom stereocenters. The SMILES string of the molecule is C[Si](C)(C)CCOCn1c(=O)oc2c(-c3cnc(C4CC4)c(C(F)(F)F)n3)ccc(C(F)(F)F)c21. The van der Waals surface area contributed by atoms with Gasteiger partial charge < -0.3 is 9.15 Å². The molecule has 6 nitrogen and oxygen atoms in total. The summed E-state index contributed by atoms with van der Waals surface area (Å²) in [6.45, 7) is 6.01. The van der Waals surface area contributed by atoms with Crippen LogP contribution < -0.4 is 5.76 Å². The number of ether oxygens (including phenoxy) is 1. The van der Waals surface area contributed by atoms with Crippen molar-refractivity contribution in [1.29, 1.82) is 0 Å². The lowest BCUT2D eigenvalue weighted by Crippen LogP contribution is -2.23. The second-order valence-corrected chi connectivity index (χ2v) is 15.4. The Bertz CT molecular complexity index is 1300. The van der Waals surface area contributed by atoms with Gasteiger partial charge in [0.2, 0.25) is 0 Å². The summed E-state index contributed by atoms with van der Waals surface area (Å²) in [5.41, 5.74) is -4.25. The minimum Gasteiger partial charge on any atom is -0.407 e. The van der Waals surface area contributed by atoms with Gasteiger partial charge in [-0.3, -0.25) is 4.98 Å². The third-order valence-corrected chi connectivity index (χ3v) is 7.35. The Kier molecular flexibility index (Phi) is 6.37. The summed E-state index contributed by atoms with van der Waals surface area (Å²) in [6, 6.07) is 2.35. The van der Waals surface area contributed by atoms with Crippen molar-refractivity contribution in [2.24, 2.45) is 0 Å². The minimum atomic E-state index is -4.86. The number of aromatic nitrogens is 3. The molecule has 0 amide bonds. The molecule has 3 aromatic rings. The van der Waals surface area contributed by atoms with Crippen LogP contribution in [-0.2, 0) is 23.8 Å². The van der Waals surface area contributed by atoms with Crippen LogP contribution in [0.5, 0.6) is 0 Å². The molecule has 1 aromatic carbocycles. The van der Waals surface area contributed by atoms with Crippen molar-refractivity contribution in [3.05, 3.63) is 45.8 Å². The number of fused-ring (bicyclic) bond motifs is 1. The first-order valence-corrected chi connectivity index (χ1v) is 14.6. The van der Waals surface area contributed by atoms with E-state index < -0.39 is 55.3 Å². The van der Waals surface area contributed by atoms with E-state index in [1.54, 1.807) is 0 Å². The van der Waals surface area contributed by atoms with Crippen molar-refractivity contribution >= 4 is 19.2 Å². The second kappa shape index (κ2) is 8.77. The van der Waals surface area contributed by atoms with Gasteiger partial charge in [-0.25, -0.2) is 14.3 Å². The van der Waals surface area contributed by atoms with Crippen LogP contribution in [0, 0.1) is 0 Å². The van der Waals surface area contributed by atoms with Crippen LogP contribution >= 0.6 is 0 Å². The van der Waals surface area contributed by atoms with Gasteiger partial charge in [0.25, 0.3) is 0 Å². The molecule has 0 spiro atoms. The monoisotopic (exact) mass is 519 g/mol. The zero-order valence-corrected chi connectivity index (χ0v) is 20.2. The third-order valence-electron chi connectivity index (χ3n) is 5.64. The largest absolute Gasteiger partial charge is 0.435 e. The van der Waals surface area contributed by atoms with Gasteiger partial charge in [-0.05, 0) is 31.0 Å². The Morgan fingerprint density at radius 3 is 2.37 bits per heavy atom. The highest BCUT2D eigenvalue weighted by Gasteiger charge is 2.42. The average molecular weight is 520 g/mol. The van der Waals surface area contributed by atoms with Crippen LogP contribution in [0.3, 0.4) is 0 Å². The van der Waals surface area contributed by atoms with E-state index in [-0.39, 0.29) is 29.5 Å². The van der Waals surface area contributed by atoms with Crippen LogP contribution in [0.4, 0.5) is 26.3 Å². The van der Waals surface area contributed by atoms with Crippen molar-refractivity contribution < 1.29 is 35.5 Å². The van der Waals surface area contributed by atoms with Crippen LogP contribution in [0.2, 0.25) is 25.7 Å². The van der Waals surface area contributed by atoms with Gasteiger partial charge in [0.15, 0.2) is 11.3 Å². The predicted molar refractivity (Wildman–Crippen MR) is 118 cm³/mol. The van der Waals surface area contributed by atoms with E-state index in [0.717, 1.165) is 18.3 Å². The van der Waals surface area contributed by atoms with E-state index in [9.17, 15) is 31.1 Å². The molecule has 13 heteroatoms. The lowest BCUT2D eigenvalue weighted by atomic mass is 10.1. The van der Waals surface area contributed by atoms with Gasteiger partial charge in [0.1, 0.15) is 12.2 Å². The first kappa shape index (κ1) is 25.4. The molecule has 2 heterocycles. The Hall–Kier alpha value is -2.67. The standard InChI is InChI=1S/C22H23F6N3O3Si/c1-35(2,3)9-8-33-11-31-17-14(21(23,24)25)7-6-13(18(17)34-20(31)32)15-10-29-16(12-4-5-12)19(30-15)22(26,27)28/h6-7,10,12H,4-5,8-9,11H2,1-3H3. The van der Waals surface area contributed by atoms with Gasteiger partial charge in [-0.2, -0.15) is 26.3 Å². The zero-order chi connectivity index (χ0) is 25.8. The van der Waals surface area contributed by atoms with E-state index in [4.69, 9.17) is 9.15 Å². The Balaban J connectivity index is 1.83. The van der Waals surface area contributed by atoms with Crippen LogP contribution in [0.25, 0.3) is 22.4 Å². The molecule has 0 N–H and O–H groups in total. The molecule has 1 fully saturated rings. The maximum atomic E-state index is 13.8. The van der Waals surface area contributed by atoms with E-state index in [1.807, 2.05) is 0 Å². The van der Waals surface area contributed by atoms with E-state index in [0.29, 0.717) is 23.5 Å². The zero-order valence-electron chi connectivity index (χ0n) is 19.2. The number of benzene rings is 1.